The molecule has 4 aromatic rings. The highest BCUT2D eigenvalue weighted by Crippen LogP contribution is 2.32. The minimum atomic E-state index is -0.0651. The van der Waals surface area contributed by atoms with Crippen molar-refractivity contribution in [2.45, 2.75) is 17.3 Å². The van der Waals surface area contributed by atoms with E-state index in [-0.39, 0.29) is 11.9 Å². The molecule has 1 atom stereocenters. The minimum absolute atomic E-state index is 0.0593. The van der Waals surface area contributed by atoms with Gasteiger partial charge in [0.1, 0.15) is 5.01 Å². The van der Waals surface area contributed by atoms with Gasteiger partial charge in [0.25, 0.3) is 0 Å². The molecule has 0 N–H and O–H groups in total. The van der Waals surface area contributed by atoms with E-state index in [0.717, 1.165) is 29.8 Å². The van der Waals surface area contributed by atoms with Crippen LogP contribution < -0.4 is 0 Å². The van der Waals surface area contributed by atoms with Crippen LogP contribution in [0.15, 0.2) is 46.8 Å². The van der Waals surface area contributed by atoms with Crippen molar-refractivity contribution in [2.24, 2.45) is 0 Å². The van der Waals surface area contributed by atoms with Crippen molar-refractivity contribution in [3.05, 3.63) is 52.5 Å². The van der Waals surface area contributed by atoms with Crippen LogP contribution in [0.5, 0.6) is 0 Å². The highest BCUT2D eigenvalue weighted by molar-refractivity contribution is 8.01. The van der Waals surface area contributed by atoms with E-state index in [1.165, 1.54) is 11.8 Å². The molecule has 4 nitrogen and oxygen atoms in total. The number of carbonyl (C=O) groups is 1. The molecule has 0 aliphatic carbocycles. The summed E-state index contributed by atoms with van der Waals surface area (Å²) in [5.74, 6) is 0.406. The Labute approximate surface area is 174 Å². The van der Waals surface area contributed by atoms with Gasteiger partial charge in [0, 0.05) is 12.1 Å². The number of rotatable bonds is 5. The van der Waals surface area contributed by atoms with Gasteiger partial charge in [-0.05, 0) is 37.3 Å². The Balaban J connectivity index is 1.43. The Kier molecular flexibility index (Phi) is 5.36. The predicted octanol–water partition coefficient (Wildman–Crippen LogP) is 5.87. The van der Waals surface area contributed by atoms with Crippen LogP contribution in [0.3, 0.4) is 0 Å². The van der Waals surface area contributed by atoms with Gasteiger partial charge in [-0.25, -0.2) is 9.97 Å². The maximum Gasteiger partial charge on any atom is 0.233 e. The number of benzene rings is 2. The topological polar surface area (TPSA) is 46.1 Å². The van der Waals surface area contributed by atoms with Crippen molar-refractivity contribution in [3.8, 4) is 0 Å². The Morgan fingerprint density at radius 2 is 1.93 bits per heavy atom. The van der Waals surface area contributed by atoms with Crippen molar-refractivity contribution in [1.82, 2.24) is 14.9 Å². The van der Waals surface area contributed by atoms with Crippen LogP contribution >= 0.6 is 46.0 Å². The SMILES string of the molecule is C[C@H](c1nc2ccccc2s1)N(C)C(=O)CSc1nc2cc(Cl)ccc2s1. The van der Waals surface area contributed by atoms with Crippen molar-refractivity contribution in [3.63, 3.8) is 0 Å². The molecule has 0 fully saturated rings. The lowest BCUT2D eigenvalue weighted by Crippen LogP contribution is -2.31. The van der Waals surface area contributed by atoms with Gasteiger partial charge in [-0.1, -0.05) is 35.5 Å². The fourth-order valence-electron chi connectivity index (χ4n) is 2.62. The fourth-order valence-corrected chi connectivity index (χ4v) is 5.82. The van der Waals surface area contributed by atoms with Crippen LogP contribution in [0.4, 0.5) is 0 Å². The lowest BCUT2D eigenvalue weighted by Gasteiger charge is -2.22. The molecule has 2 aromatic carbocycles. The lowest BCUT2D eigenvalue weighted by atomic mass is 10.3. The highest BCUT2D eigenvalue weighted by Gasteiger charge is 2.21. The summed E-state index contributed by atoms with van der Waals surface area (Å²) in [6.45, 7) is 2.01. The number of aromatic nitrogens is 2. The van der Waals surface area contributed by atoms with E-state index in [2.05, 4.69) is 16.0 Å². The van der Waals surface area contributed by atoms with E-state index in [9.17, 15) is 4.79 Å². The van der Waals surface area contributed by atoms with Crippen molar-refractivity contribution >= 4 is 72.4 Å². The zero-order valence-corrected chi connectivity index (χ0v) is 17.9. The molecular formula is C19H16ClN3OS3. The zero-order valence-electron chi connectivity index (χ0n) is 14.7. The van der Waals surface area contributed by atoms with Crippen molar-refractivity contribution < 1.29 is 4.79 Å². The first kappa shape index (κ1) is 18.7. The van der Waals surface area contributed by atoms with Crippen LogP contribution in [0, 0.1) is 0 Å². The second-order valence-electron chi connectivity index (χ2n) is 6.08. The molecule has 0 radical (unpaired) electrons. The molecule has 8 heteroatoms. The quantitative estimate of drug-likeness (QED) is 0.369. The van der Waals surface area contributed by atoms with Crippen molar-refractivity contribution in [1.29, 1.82) is 0 Å². The van der Waals surface area contributed by atoms with Crippen LogP contribution in [0.1, 0.15) is 18.0 Å². The van der Waals surface area contributed by atoms with E-state index in [4.69, 9.17) is 11.6 Å². The first-order chi connectivity index (χ1) is 13.0. The van der Waals surface area contributed by atoms with Crippen LogP contribution in [-0.2, 0) is 4.79 Å². The predicted molar refractivity (Wildman–Crippen MR) is 116 cm³/mol. The molecule has 0 unspecified atom stereocenters. The van der Waals surface area contributed by atoms with Gasteiger partial charge < -0.3 is 4.90 Å². The van der Waals surface area contributed by atoms with Gasteiger partial charge in [-0.15, -0.1) is 22.7 Å². The minimum Gasteiger partial charge on any atom is -0.336 e. The summed E-state index contributed by atoms with van der Waals surface area (Å²) in [5, 5.41) is 1.62. The normalized spacial score (nSPS) is 12.6. The van der Waals surface area contributed by atoms with Crippen LogP contribution in [0.2, 0.25) is 5.02 Å². The number of hydrogen-bond acceptors (Lipinski definition) is 6. The zero-order chi connectivity index (χ0) is 19.0. The molecule has 0 bridgehead atoms. The summed E-state index contributed by atoms with van der Waals surface area (Å²) in [5.41, 5.74) is 1.85. The summed E-state index contributed by atoms with van der Waals surface area (Å²) >= 11 is 10.7. The van der Waals surface area contributed by atoms with E-state index in [1.807, 2.05) is 50.4 Å². The second-order valence-corrected chi connectivity index (χ2v) is 9.83. The molecule has 0 saturated carbocycles. The van der Waals surface area contributed by atoms with Crippen LogP contribution in [0.25, 0.3) is 20.4 Å². The number of carbonyl (C=O) groups excluding carboxylic acids is 1. The van der Waals surface area contributed by atoms with Crippen LogP contribution in [-0.4, -0.2) is 33.6 Å². The molecule has 0 spiro atoms. The van der Waals surface area contributed by atoms with Gasteiger partial charge in [0.05, 0.1) is 32.2 Å². The van der Waals surface area contributed by atoms with Gasteiger partial charge >= 0.3 is 0 Å². The number of thioether (sulfide) groups is 1. The third-order valence-electron chi connectivity index (χ3n) is 4.29. The number of hydrogen-bond donors (Lipinski definition) is 0. The molecule has 4 rings (SSSR count). The third-order valence-corrected chi connectivity index (χ3v) is 7.90. The average Bonchev–Trinajstić information content (AvgIpc) is 3.27. The summed E-state index contributed by atoms with van der Waals surface area (Å²) in [4.78, 5) is 23.6. The monoisotopic (exact) mass is 433 g/mol. The molecule has 27 heavy (non-hydrogen) atoms. The number of nitrogens with zero attached hydrogens (tertiary/aromatic N) is 3. The first-order valence-corrected chi connectivity index (χ1v) is 11.3. The molecule has 0 saturated heterocycles. The number of thiazole rings is 2. The smallest absolute Gasteiger partial charge is 0.233 e. The summed E-state index contributed by atoms with van der Waals surface area (Å²) in [7, 11) is 1.83. The highest BCUT2D eigenvalue weighted by atomic mass is 35.5. The summed E-state index contributed by atoms with van der Waals surface area (Å²) < 4.78 is 3.09. The molecule has 138 valence electrons. The Morgan fingerprint density at radius 1 is 1.15 bits per heavy atom. The number of para-hydroxylation sites is 1. The fraction of sp³-hybridized carbons (Fsp3) is 0.211. The maximum absolute atomic E-state index is 12.7. The molecule has 0 aliphatic rings. The van der Waals surface area contributed by atoms with E-state index in [0.29, 0.717) is 10.8 Å². The first-order valence-electron chi connectivity index (χ1n) is 8.31. The van der Waals surface area contributed by atoms with E-state index in [1.54, 1.807) is 27.6 Å². The Morgan fingerprint density at radius 3 is 2.74 bits per heavy atom. The van der Waals surface area contributed by atoms with Crippen molar-refractivity contribution in [2.75, 3.05) is 12.8 Å². The van der Waals surface area contributed by atoms with E-state index >= 15 is 0 Å². The molecular weight excluding hydrogens is 418 g/mol. The lowest BCUT2D eigenvalue weighted by molar-refractivity contribution is -0.128. The summed E-state index contributed by atoms with van der Waals surface area (Å²) in [6.07, 6.45) is 0. The standard InChI is InChI=1S/C19H16ClN3OS3/c1-11(18-21-13-5-3-4-6-15(13)26-18)23(2)17(24)10-25-19-22-14-9-12(20)7-8-16(14)27-19/h3-9,11H,10H2,1-2H3/t11-/m1/s1. The van der Waals surface area contributed by atoms with E-state index < -0.39 is 0 Å². The summed E-state index contributed by atoms with van der Waals surface area (Å²) in [6, 6.07) is 13.6. The average molecular weight is 434 g/mol. The second kappa shape index (κ2) is 7.75. The van der Waals surface area contributed by atoms with Gasteiger partial charge in [-0.3, -0.25) is 4.79 Å². The number of amides is 1. The number of fused-ring (bicyclic) bond motifs is 2. The maximum atomic E-state index is 12.7. The largest absolute Gasteiger partial charge is 0.336 e. The molecule has 0 aliphatic heterocycles. The van der Waals surface area contributed by atoms with Gasteiger partial charge in [0.15, 0.2) is 4.34 Å². The molecule has 2 aromatic heterocycles. The molecule has 1 amide bonds. The molecule has 2 heterocycles. The Bertz CT molecular complexity index is 1090. The van der Waals surface area contributed by atoms with Gasteiger partial charge in [-0.2, -0.15) is 0 Å². The Hall–Kier alpha value is -1.67. The third kappa shape index (κ3) is 3.96. The van der Waals surface area contributed by atoms with Gasteiger partial charge in [0.2, 0.25) is 5.91 Å². The number of halogens is 1.